The zero-order valence-electron chi connectivity index (χ0n) is 17.5. The van der Waals surface area contributed by atoms with Crippen LogP contribution in [0.3, 0.4) is 0 Å². The van der Waals surface area contributed by atoms with Gasteiger partial charge >= 0.3 is 0 Å². The van der Waals surface area contributed by atoms with Crippen molar-refractivity contribution in [2.45, 2.75) is 46.0 Å². The maximum absolute atomic E-state index is 12.5. The molecule has 2 saturated heterocycles. The quantitative estimate of drug-likeness (QED) is 0.778. The second-order valence-electron chi connectivity index (χ2n) is 8.04. The Balaban J connectivity index is 1.51. The minimum absolute atomic E-state index is 0.119. The van der Waals surface area contributed by atoms with Gasteiger partial charge in [-0.3, -0.25) is 9.59 Å². The molecule has 0 saturated carbocycles. The van der Waals surface area contributed by atoms with Crippen LogP contribution < -0.4 is 0 Å². The van der Waals surface area contributed by atoms with Gasteiger partial charge in [0.05, 0.1) is 18.9 Å². The molecule has 0 spiro atoms. The largest absolute Gasteiger partial charge is 0.378 e. The summed E-state index contributed by atoms with van der Waals surface area (Å²) >= 11 is 0. The molecule has 0 bridgehead atoms. The van der Waals surface area contributed by atoms with Crippen LogP contribution in [0.2, 0.25) is 0 Å². The fourth-order valence-corrected chi connectivity index (χ4v) is 4.40. The number of hydrogen-bond donors (Lipinski definition) is 0. The third-order valence-electron chi connectivity index (χ3n) is 6.19. The maximum atomic E-state index is 12.5. The zero-order valence-corrected chi connectivity index (χ0v) is 17.5. The van der Waals surface area contributed by atoms with E-state index in [0.717, 1.165) is 47.8 Å². The van der Waals surface area contributed by atoms with Gasteiger partial charge in [0, 0.05) is 62.9 Å². The van der Waals surface area contributed by atoms with E-state index >= 15 is 0 Å². The van der Waals surface area contributed by atoms with Crippen molar-refractivity contribution < 1.29 is 14.3 Å². The lowest BCUT2D eigenvalue weighted by atomic mass is 10.1. The van der Waals surface area contributed by atoms with E-state index in [4.69, 9.17) is 14.8 Å². The van der Waals surface area contributed by atoms with Gasteiger partial charge in [0.15, 0.2) is 5.65 Å². The molecule has 2 aromatic heterocycles. The molecule has 2 aliphatic rings. The number of amides is 2. The maximum Gasteiger partial charge on any atom is 0.223 e. The number of aromatic nitrogens is 3. The zero-order chi connectivity index (χ0) is 20.5. The van der Waals surface area contributed by atoms with Crippen molar-refractivity contribution >= 4 is 17.5 Å². The molecule has 8 heteroatoms. The first kappa shape index (κ1) is 19.8. The van der Waals surface area contributed by atoms with Gasteiger partial charge in [-0.05, 0) is 32.3 Å². The summed E-state index contributed by atoms with van der Waals surface area (Å²) in [4.78, 5) is 32.7. The van der Waals surface area contributed by atoms with E-state index in [1.165, 1.54) is 0 Å². The molecule has 0 radical (unpaired) electrons. The second-order valence-corrected chi connectivity index (χ2v) is 8.04. The molecule has 2 amide bonds. The van der Waals surface area contributed by atoms with Crippen LogP contribution >= 0.6 is 0 Å². The molecule has 156 valence electrons. The van der Waals surface area contributed by atoms with E-state index in [9.17, 15) is 9.59 Å². The second kappa shape index (κ2) is 8.10. The van der Waals surface area contributed by atoms with Crippen LogP contribution in [0.25, 0.3) is 5.65 Å². The van der Waals surface area contributed by atoms with E-state index in [2.05, 4.69) is 0 Å². The Hall–Kier alpha value is -2.48. The molecule has 2 fully saturated rings. The monoisotopic (exact) mass is 399 g/mol. The predicted octanol–water partition coefficient (Wildman–Crippen LogP) is 1.47. The molecular formula is C21H29N5O3. The van der Waals surface area contributed by atoms with Crippen LogP contribution in [0.1, 0.15) is 48.3 Å². The minimum atomic E-state index is 0.119. The van der Waals surface area contributed by atoms with E-state index in [1.807, 2.05) is 34.2 Å². The lowest BCUT2D eigenvalue weighted by molar-refractivity contribution is -0.135. The average molecular weight is 399 g/mol. The normalized spacial score (nSPS) is 19.9. The summed E-state index contributed by atoms with van der Waals surface area (Å²) in [5, 5.41) is 4.81. The number of ether oxygens (including phenoxy) is 1. The highest BCUT2D eigenvalue weighted by Gasteiger charge is 2.28. The highest BCUT2D eigenvalue weighted by molar-refractivity contribution is 5.76. The van der Waals surface area contributed by atoms with E-state index in [-0.39, 0.29) is 17.7 Å². The molecule has 2 aromatic rings. The van der Waals surface area contributed by atoms with Crippen LogP contribution in [0.5, 0.6) is 0 Å². The van der Waals surface area contributed by atoms with Gasteiger partial charge in [-0.25, -0.2) is 9.50 Å². The highest BCUT2D eigenvalue weighted by atomic mass is 16.5. The van der Waals surface area contributed by atoms with Crippen molar-refractivity contribution in [3.63, 3.8) is 0 Å². The molecule has 0 aliphatic carbocycles. The van der Waals surface area contributed by atoms with Gasteiger partial charge in [-0.1, -0.05) is 0 Å². The van der Waals surface area contributed by atoms with Gasteiger partial charge in [0.1, 0.15) is 0 Å². The summed E-state index contributed by atoms with van der Waals surface area (Å²) in [5.74, 6) is 0.545. The Bertz CT molecular complexity index is 932. The summed E-state index contributed by atoms with van der Waals surface area (Å²) in [6, 6.07) is 2.04. The first-order chi connectivity index (χ1) is 13.9. The fraction of sp³-hybridized carbons (Fsp3) is 0.619. The average Bonchev–Trinajstić information content (AvgIpc) is 3.35. The van der Waals surface area contributed by atoms with E-state index in [0.29, 0.717) is 39.1 Å². The van der Waals surface area contributed by atoms with Gasteiger partial charge in [-0.15, -0.1) is 0 Å². The van der Waals surface area contributed by atoms with Crippen molar-refractivity contribution in [3.8, 4) is 0 Å². The molecule has 1 atom stereocenters. The standard InChI is InChI=1S/C21H29N5O3/c1-14-18(4-5-21(28)24-8-10-29-11-9-24)15(2)26-20(22-14)12-19(23-26)17-6-7-25(13-17)16(3)27/h12,17H,4-11,13H2,1-3H3/t17-/m1/s1. The lowest BCUT2D eigenvalue weighted by Crippen LogP contribution is -2.40. The Labute approximate surface area is 170 Å². The molecule has 29 heavy (non-hydrogen) atoms. The Kier molecular flexibility index (Phi) is 5.54. The summed E-state index contributed by atoms with van der Waals surface area (Å²) in [7, 11) is 0. The van der Waals surface area contributed by atoms with Crippen LogP contribution in [0.4, 0.5) is 0 Å². The molecule has 0 N–H and O–H groups in total. The molecule has 4 heterocycles. The number of carbonyl (C=O) groups excluding carboxylic acids is 2. The predicted molar refractivity (Wildman–Crippen MR) is 108 cm³/mol. The summed E-state index contributed by atoms with van der Waals surface area (Å²) in [5.41, 5.74) is 4.90. The van der Waals surface area contributed by atoms with Crippen molar-refractivity contribution in [1.29, 1.82) is 0 Å². The SMILES string of the molecule is CC(=O)N1CC[C@@H](c2cc3nc(C)c(CCC(=O)N4CCOCC4)c(C)n3n2)C1. The molecule has 2 aliphatic heterocycles. The summed E-state index contributed by atoms with van der Waals surface area (Å²) in [6.07, 6.45) is 2.06. The molecular weight excluding hydrogens is 370 g/mol. The molecule has 4 rings (SSSR count). The number of likely N-dealkylation sites (tertiary alicyclic amines) is 1. The van der Waals surface area contributed by atoms with Crippen molar-refractivity contribution in [1.82, 2.24) is 24.4 Å². The Morgan fingerprint density at radius 1 is 1.17 bits per heavy atom. The van der Waals surface area contributed by atoms with Crippen LogP contribution in [0, 0.1) is 13.8 Å². The minimum Gasteiger partial charge on any atom is -0.378 e. The number of nitrogens with zero attached hydrogens (tertiary/aromatic N) is 5. The van der Waals surface area contributed by atoms with Gasteiger partial charge in [-0.2, -0.15) is 5.10 Å². The number of morpholine rings is 1. The number of hydrogen-bond acceptors (Lipinski definition) is 5. The van der Waals surface area contributed by atoms with Crippen molar-refractivity contribution in [3.05, 3.63) is 28.7 Å². The van der Waals surface area contributed by atoms with Gasteiger partial charge in [0.2, 0.25) is 11.8 Å². The van der Waals surface area contributed by atoms with Crippen LogP contribution in [0.15, 0.2) is 6.07 Å². The summed E-state index contributed by atoms with van der Waals surface area (Å²) in [6.45, 7) is 9.76. The van der Waals surface area contributed by atoms with E-state index < -0.39 is 0 Å². The first-order valence-corrected chi connectivity index (χ1v) is 10.4. The highest BCUT2D eigenvalue weighted by Crippen LogP contribution is 2.28. The first-order valence-electron chi connectivity index (χ1n) is 10.4. The van der Waals surface area contributed by atoms with Crippen molar-refractivity contribution in [2.75, 3.05) is 39.4 Å². The van der Waals surface area contributed by atoms with Gasteiger partial charge < -0.3 is 14.5 Å². The number of carbonyl (C=O) groups is 2. The third-order valence-corrected chi connectivity index (χ3v) is 6.19. The molecule has 0 aromatic carbocycles. The van der Waals surface area contributed by atoms with Crippen molar-refractivity contribution in [2.24, 2.45) is 0 Å². The number of rotatable bonds is 4. The molecule has 0 unspecified atom stereocenters. The number of aryl methyl sites for hydroxylation is 2. The summed E-state index contributed by atoms with van der Waals surface area (Å²) < 4.78 is 7.22. The fourth-order valence-electron chi connectivity index (χ4n) is 4.40. The Morgan fingerprint density at radius 3 is 2.62 bits per heavy atom. The van der Waals surface area contributed by atoms with Gasteiger partial charge in [0.25, 0.3) is 0 Å². The lowest BCUT2D eigenvalue weighted by Gasteiger charge is -2.27. The third kappa shape index (κ3) is 3.99. The molecule has 8 nitrogen and oxygen atoms in total. The topological polar surface area (TPSA) is 80.0 Å². The smallest absolute Gasteiger partial charge is 0.223 e. The number of fused-ring (bicyclic) bond motifs is 1. The van der Waals surface area contributed by atoms with Crippen LogP contribution in [-0.4, -0.2) is 75.6 Å². The van der Waals surface area contributed by atoms with E-state index in [1.54, 1.807) is 6.92 Å². The van der Waals surface area contributed by atoms with Crippen LogP contribution in [-0.2, 0) is 20.7 Å². The Morgan fingerprint density at radius 2 is 1.93 bits per heavy atom.